The topological polar surface area (TPSA) is 75.7 Å². The predicted octanol–water partition coefficient (Wildman–Crippen LogP) is 3.93. The Morgan fingerprint density at radius 2 is 1.67 bits per heavy atom. The molecule has 30 heavy (non-hydrogen) atoms. The third kappa shape index (κ3) is 6.17. The van der Waals surface area contributed by atoms with E-state index in [1.54, 1.807) is 24.3 Å². The van der Waals surface area contributed by atoms with Crippen LogP contribution >= 0.6 is 0 Å². The lowest BCUT2D eigenvalue weighted by Crippen LogP contribution is -2.41. The minimum atomic E-state index is -0.0597. The smallest absolute Gasteiger partial charge is 0.227 e. The molecule has 0 radical (unpaired) electrons. The summed E-state index contributed by atoms with van der Waals surface area (Å²) in [4.78, 5) is 37.9. The summed E-state index contributed by atoms with van der Waals surface area (Å²) in [6.45, 7) is 3.19. The summed E-state index contributed by atoms with van der Waals surface area (Å²) in [5.41, 5.74) is 1.45. The fourth-order valence-corrected chi connectivity index (χ4v) is 3.51. The summed E-state index contributed by atoms with van der Waals surface area (Å²) in [7, 11) is 0. The number of hydrogen-bond donors (Lipinski definition) is 1. The van der Waals surface area contributed by atoms with Crippen LogP contribution in [0.5, 0.6) is 5.75 Å². The van der Waals surface area contributed by atoms with Gasteiger partial charge in [0.05, 0.1) is 6.61 Å². The zero-order valence-corrected chi connectivity index (χ0v) is 17.3. The standard InChI is InChI=1S/C24H28N2O4/c1-18(27)19-9-11-22(12-10-19)30-17-5-8-23(28)26-15-13-20(14-16-26)24(29)25-21-6-3-2-4-7-21/h2-4,6-7,9-12,20H,5,8,13-17H2,1H3,(H,25,29). The van der Waals surface area contributed by atoms with E-state index >= 15 is 0 Å². The third-order valence-corrected chi connectivity index (χ3v) is 5.32. The van der Waals surface area contributed by atoms with E-state index in [0.29, 0.717) is 56.7 Å². The van der Waals surface area contributed by atoms with E-state index in [1.165, 1.54) is 6.92 Å². The Morgan fingerprint density at radius 1 is 1.00 bits per heavy atom. The molecule has 0 aromatic heterocycles. The van der Waals surface area contributed by atoms with Gasteiger partial charge in [-0.25, -0.2) is 0 Å². The second-order valence-corrected chi connectivity index (χ2v) is 7.54. The van der Waals surface area contributed by atoms with Crippen molar-refractivity contribution in [3.63, 3.8) is 0 Å². The highest BCUT2D eigenvalue weighted by Gasteiger charge is 2.27. The van der Waals surface area contributed by atoms with Crippen molar-refractivity contribution in [3.8, 4) is 5.75 Å². The molecule has 1 saturated heterocycles. The number of anilines is 1. The molecule has 1 aliphatic heterocycles. The van der Waals surface area contributed by atoms with Crippen molar-refractivity contribution >= 4 is 23.3 Å². The molecule has 0 spiro atoms. The summed E-state index contributed by atoms with van der Waals surface area (Å²) in [6.07, 6.45) is 2.42. The highest BCUT2D eigenvalue weighted by molar-refractivity contribution is 5.94. The van der Waals surface area contributed by atoms with Gasteiger partial charge in [0.15, 0.2) is 5.78 Å². The van der Waals surface area contributed by atoms with Gasteiger partial charge in [-0.3, -0.25) is 14.4 Å². The Labute approximate surface area is 177 Å². The van der Waals surface area contributed by atoms with Crippen LogP contribution in [0.15, 0.2) is 54.6 Å². The van der Waals surface area contributed by atoms with Crippen LogP contribution < -0.4 is 10.1 Å². The van der Waals surface area contributed by atoms with Gasteiger partial charge in [0, 0.05) is 36.7 Å². The number of amides is 2. The van der Waals surface area contributed by atoms with Crippen LogP contribution in [-0.4, -0.2) is 42.2 Å². The molecule has 0 saturated carbocycles. The highest BCUT2D eigenvalue weighted by Crippen LogP contribution is 2.20. The number of likely N-dealkylation sites (tertiary alicyclic amines) is 1. The lowest BCUT2D eigenvalue weighted by Gasteiger charge is -2.31. The van der Waals surface area contributed by atoms with Crippen molar-refractivity contribution < 1.29 is 19.1 Å². The van der Waals surface area contributed by atoms with Gasteiger partial charge in [0.25, 0.3) is 0 Å². The number of hydrogen-bond acceptors (Lipinski definition) is 4. The van der Waals surface area contributed by atoms with Crippen molar-refractivity contribution in [2.45, 2.75) is 32.6 Å². The summed E-state index contributed by atoms with van der Waals surface area (Å²) >= 11 is 0. The molecule has 0 unspecified atom stereocenters. The first-order valence-electron chi connectivity index (χ1n) is 10.4. The molecule has 2 aromatic carbocycles. The van der Waals surface area contributed by atoms with Crippen molar-refractivity contribution in [2.24, 2.45) is 5.92 Å². The van der Waals surface area contributed by atoms with Gasteiger partial charge in [-0.2, -0.15) is 0 Å². The molecule has 0 bridgehead atoms. The van der Waals surface area contributed by atoms with Gasteiger partial charge in [-0.1, -0.05) is 18.2 Å². The van der Waals surface area contributed by atoms with Crippen LogP contribution in [-0.2, 0) is 9.59 Å². The van der Waals surface area contributed by atoms with E-state index in [0.717, 1.165) is 5.69 Å². The Morgan fingerprint density at radius 3 is 2.30 bits per heavy atom. The maximum atomic E-state index is 12.4. The molecule has 0 aliphatic carbocycles. The number of para-hydroxylation sites is 1. The van der Waals surface area contributed by atoms with E-state index in [4.69, 9.17) is 4.74 Å². The maximum absolute atomic E-state index is 12.4. The molecule has 1 heterocycles. The molecule has 6 nitrogen and oxygen atoms in total. The Kier molecular flexibility index (Phi) is 7.60. The zero-order valence-electron chi connectivity index (χ0n) is 17.3. The summed E-state index contributed by atoms with van der Waals surface area (Å²) in [5.74, 6) is 0.784. The minimum absolute atomic E-state index is 0.0217. The lowest BCUT2D eigenvalue weighted by molar-refractivity contribution is -0.134. The number of benzene rings is 2. The molecule has 2 aromatic rings. The first kappa shape index (κ1) is 21.6. The van der Waals surface area contributed by atoms with Crippen molar-refractivity contribution in [1.29, 1.82) is 0 Å². The number of carbonyl (C=O) groups excluding carboxylic acids is 3. The van der Waals surface area contributed by atoms with Crippen LogP contribution in [0.3, 0.4) is 0 Å². The molecule has 3 rings (SSSR count). The fourth-order valence-electron chi connectivity index (χ4n) is 3.51. The average Bonchev–Trinajstić information content (AvgIpc) is 2.77. The van der Waals surface area contributed by atoms with Crippen molar-refractivity contribution in [3.05, 3.63) is 60.2 Å². The minimum Gasteiger partial charge on any atom is -0.494 e. The van der Waals surface area contributed by atoms with Crippen LogP contribution in [0, 0.1) is 5.92 Å². The monoisotopic (exact) mass is 408 g/mol. The first-order chi connectivity index (χ1) is 14.5. The van der Waals surface area contributed by atoms with Crippen LogP contribution in [0.25, 0.3) is 0 Å². The summed E-state index contributed by atoms with van der Waals surface area (Å²) in [6, 6.07) is 16.4. The van der Waals surface area contributed by atoms with Gasteiger partial charge in [-0.05, 0) is 62.6 Å². The van der Waals surface area contributed by atoms with Gasteiger partial charge < -0.3 is 15.0 Å². The second kappa shape index (κ2) is 10.6. The molecule has 1 fully saturated rings. The zero-order chi connectivity index (χ0) is 21.3. The van der Waals surface area contributed by atoms with E-state index in [1.807, 2.05) is 35.2 Å². The Balaban J connectivity index is 1.34. The number of rotatable bonds is 8. The van der Waals surface area contributed by atoms with Gasteiger partial charge >= 0.3 is 0 Å². The number of nitrogens with one attached hydrogen (secondary N) is 1. The molecule has 1 N–H and O–H groups in total. The Bertz CT molecular complexity index is 857. The predicted molar refractivity (Wildman–Crippen MR) is 116 cm³/mol. The third-order valence-electron chi connectivity index (χ3n) is 5.32. The first-order valence-corrected chi connectivity index (χ1v) is 10.4. The molecule has 1 aliphatic rings. The van der Waals surface area contributed by atoms with E-state index in [2.05, 4.69) is 5.32 Å². The molecule has 158 valence electrons. The average molecular weight is 408 g/mol. The number of Topliss-reactive ketones (excluding diaryl/α,β-unsaturated/α-hetero) is 1. The van der Waals surface area contributed by atoms with Gasteiger partial charge in [-0.15, -0.1) is 0 Å². The SMILES string of the molecule is CC(=O)c1ccc(OCCCC(=O)N2CCC(C(=O)Nc3ccccc3)CC2)cc1. The van der Waals surface area contributed by atoms with E-state index in [-0.39, 0.29) is 23.5 Å². The maximum Gasteiger partial charge on any atom is 0.227 e. The highest BCUT2D eigenvalue weighted by atomic mass is 16.5. The largest absolute Gasteiger partial charge is 0.494 e. The fraction of sp³-hybridized carbons (Fsp3) is 0.375. The molecule has 6 heteroatoms. The summed E-state index contributed by atoms with van der Waals surface area (Å²) in [5, 5.41) is 2.95. The van der Waals surface area contributed by atoms with Crippen LogP contribution in [0.1, 0.15) is 43.0 Å². The molecular weight excluding hydrogens is 380 g/mol. The van der Waals surface area contributed by atoms with Crippen molar-refractivity contribution in [1.82, 2.24) is 4.90 Å². The number of piperidine rings is 1. The number of ether oxygens (including phenoxy) is 1. The second-order valence-electron chi connectivity index (χ2n) is 7.54. The van der Waals surface area contributed by atoms with E-state index in [9.17, 15) is 14.4 Å². The quantitative estimate of drug-likeness (QED) is 0.531. The number of nitrogens with zero attached hydrogens (tertiary/aromatic N) is 1. The molecular formula is C24H28N2O4. The number of carbonyl (C=O) groups is 3. The normalized spacial score (nSPS) is 14.2. The van der Waals surface area contributed by atoms with E-state index < -0.39 is 0 Å². The number of ketones is 1. The molecule has 2 amide bonds. The van der Waals surface area contributed by atoms with Crippen molar-refractivity contribution in [2.75, 3.05) is 25.0 Å². The Hall–Kier alpha value is -3.15. The van der Waals surface area contributed by atoms with Crippen LogP contribution in [0.4, 0.5) is 5.69 Å². The molecule has 0 atom stereocenters. The van der Waals surface area contributed by atoms with Gasteiger partial charge in [0.1, 0.15) is 5.75 Å². The summed E-state index contributed by atoms with van der Waals surface area (Å²) < 4.78 is 5.65. The van der Waals surface area contributed by atoms with Crippen LogP contribution in [0.2, 0.25) is 0 Å². The lowest BCUT2D eigenvalue weighted by atomic mass is 9.95. The van der Waals surface area contributed by atoms with Gasteiger partial charge in [0.2, 0.25) is 11.8 Å².